The molecule has 20 heavy (non-hydrogen) atoms. The van der Waals surface area contributed by atoms with Gasteiger partial charge in [0.05, 0.1) is 4.92 Å². The lowest BCUT2D eigenvalue weighted by atomic mass is 10.2. The number of carbonyl (C=O) groups is 1. The van der Waals surface area contributed by atoms with Crippen LogP contribution in [0.2, 0.25) is 0 Å². The van der Waals surface area contributed by atoms with E-state index in [9.17, 15) is 14.9 Å². The zero-order valence-corrected chi connectivity index (χ0v) is 12.3. The normalized spacial score (nSPS) is 10.6. The van der Waals surface area contributed by atoms with Gasteiger partial charge in [-0.15, -0.1) is 0 Å². The molecule has 0 spiro atoms. The maximum absolute atomic E-state index is 12.1. The van der Waals surface area contributed by atoms with Crippen LogP contribution in [0.1, 0.15) is 55.7 Å². The number of hydrogen-bond acceptors (Lipinski definition) is 4. The number of unbranched alkanes of at least 4 members (excludes halogenated alkanes) is 3. The zero-order chi connectivity index (χ0) is 15.1. The largest absolute Gasteiger partial charge is 0.350 e. The summed E-state index contributed by atoms with van der Waals surface area (Å²) in [6.07, 6.45) is 4.60. The number of rotatable bonds is 8. The van der Waals surface area contributed by atoms with E-state index in [0.717, 1.165) is 25.7 Å². The summed E-state index contributed by atoms with van der Waals surface area (Å²) in [4.78, 5) is 22.7. The quantitative estimate of drug-likeness (QED) is 0.449. The molecule has 1 aromatic heterocycles. The highest BCUT2D eigenvalue weighted by Crippen LogP contribution is 2.23. The highest BCUT2D eigenvalue weighted by molar-refractivity contribution is 5.96. The van der Waals surface area contributed by atoms with E-state index in [4.69, 9.17) is 0 Å². The summed E-state index contributed by atoms with van der Waals surface area (Å²) in [5, 5.41) is 17.9. The van der Waals surface area contributed by atoms with Crippen molar-refractivity contribution in [2.24, 2.45) is 7.05 Å². The van der Waals surface area contributed by atoms with Gasteiger partial charge in [-0.2, -0.15) is 5.10 Å². The smallest absolute Gasteiger partial charge is 0.323 e. The van der Waals surface area contributed by atoms with Crippen molar-refractivity contribution in [1.29, 1.82) is 0 Å². The molecule has 112 valence electrons. The van der Waals surface area contributed by atoms with Gasteiger partial charge < -0.3 is 5.32 Å². The number of aromatic nitrogens is 2. The summed E-state index contributed by atoms with van der Waals surface area (Å²) < 4.78 is 1.29. The lowest BCUT2D eigenvalue weighted by molar-refractivity contribution is -0.385. The number of hydrogen-bond donors (Lipinski definition) is 1. The molecule has 0 aromatic carbocycles. The van der Waals surface area contributed by atoms with Gasteiger partial charge in [-0.1, -0.05) is 33.1 Å². The molecule has 7 nitrogen and oxygen atoms in total. The summed E-state index contributed by atoms with van der Waals surface area (Å²) in [7, 11) is 1.55. The SMILES string of the molecule is CCCCCCNC(=O)c1c([N+](=O)[O-])c(CC)nn1C. The predicted octanol–water partition coefficient (Wildman–Crippen LogP) is 2.20. The number of nitro groups is 1. The monoisotopic (exact) mass is 282 g/mol. The van der Waals surface area contributed by atoms with Crippen LogP contribution in [-0.2, 0) is 13.5 Å². The highest BCUT2D eigenvalue weighted by atomic mass is 16.6. The average molecular weight is 282 g/mol. The van der Waals surface area contributed by atoms with Crippen LogP contribution in [-0.4, -0.2) is 27.2 Å². The summed E-state index contributed by atoms with van der Waals surface area (Å²) >= 11 is 0. The molecule has 0 aliphatic rings. The number of nitrogens with zero attached hydrogens (tertiary/aromatic N) is 3. The maximum atomic E-state index is 12.1. The van der Waals surface area contributed by atoms with Gasteiger partial charge in [-0.05, 0) is 12.8 Å². The molecule has 0 bridgehead atoms. The van der Waals surface area contributed by atoms with Crippen molar-refractivity contribution in [1.82, 2.24) is 15.1 Å². The molecule has 1 rings (SSSR count). The first kappa shape index (κ1) is 16.1. The third-order valence-corrected chi connectivity index (χ3v) is 3.14. The molecule has 1 heterocycles. The van der Waals surface area contributed by atoms with Crippen LogP contribution < -0.4 is 5.32 Å². The van der Waals surface area contributed by atoms with E-state index in [2.05, 4.69) is 17.3 Å². The summed E-state index contributed by atoms with van der Waals surface area (Å²) in [6.45, 7) is 4.42. The first-order valence-electron chi connectivity index (χ1n) is 7.01. The Labute approximate surface area is 118 Å². The molecule has 1 aromatic rings. The molecule has 0 fully saturated rings. The Kier molecular flexibility index (Phi) is 6.14. The third kappa shape index (κ3) is 3.79. The Morgan fingerprint density at radius 3 is 2.60 bits per heavy atom. The molecule has 0 aliphatic carbocycles. The van der Waals surface area contributed by atoms with Crippen molar-refractivity contribution >= 4 is 11.6 Å². The van der Waals surface area contributed by atoms with E-state index in [1.807, 2.05) is 0 Å². The van der Waals surface area contributed by atoms with Crippen molar-refractivity contribution in [2.45, 2.75) is 46.0 Å². The summed E-state index contributed by atoms with van der Waals surface area (Å²) in [6, 6.07) is 0. The molecular weight excluding hydrogens is 260 g/mol. The van der Waals surface area contributed by atoms with Crippen LogP contribution in [0, 0.1) is 10.1 Å². The Bertz CT molecular complexity index is 482. The molecule has 0 unspecified atom stereocenters. The van der Waals surface area contributed by atoms with E-state index in [1.54, 1.807) is 14.0 Å². The van der Waals surface area contributed by atoms with E-state index in [-0.39, 0.29) is 11.4 Å². The second kappa shape index (κ2) is 7.62. The number of aryl methyl sites for hydroxylation is 2. The zero-order valence-electron chi connectivity index (χ0n) is 12.3. The van der Waals surface area contributed by atoms with Crippen molar-refractivity contribution in [3.05, 3.63) is 21.5 Å². The maximum Gasteiger partial charge on any atom is 0.323 e. The molecule has 0 aliphatic heterocycles. The van der Waals surface area contributed by atoms with E-state index in [1.165, 1.54) is 4.68 Å². The van der Waals surface area contributed by atoms with Crippen molar-refractivity contribution in [3.63, 3.8) is 0 Å². The van der Waals surface area contributed by atoms with Gasteiger partial charge in [-0.25, -0.2) is 0 Å². The number of carbonyl (C=O) groups excluding carboxylic acids is 1. The Balaban J connectivity index is 2.77. The molecule has 0 saturated heterocycles. The van der Waals surface area contributed by atoms with E-state index < -0.39 is 10.8 Å². The van der Waals surface area contributed by atoms with Gasteiger partial charge >= 0.3 is 5.69 Å². The van der Waals surface area contributed by atoms with Gasteiger partial charge in [0.25, 0.3) is 5.91 Å². The van der Waals surface area contributed by atoms with Crippen molar-refractivity contribution < 1.29 is 9.72 Å². The van der Waals surface area contributed by atoms with Crippen LogP contribution in [0.25, 0.3) is 0 Å². The lowest BCUT2D eigenvalue weighted by Crippen LogP contribution is -2.27. The van der Waals surface area contributed by atoms with Gasteiger partial charge in [0.15, 0.2) is 0 Å². The summed E-state index contributed by atoms with van der Waals surface area (Å²) in [5.41, 5.74) is 0.192. The molecule has 1 amide bonds. The lowest BCUT2D eigenvalue weighted by Gasteiger charge is -2.04. The second-order valence-corrected chi connectivity index (χ2v) is 4.69. The minimum Gasteiger partial charge on any atom is -0.350 e. The number of nitrogens with one attached hydrogen (secondary N) is 1. The minimum atomic E-state index is -0.530. The third-order valence-electron chi connectivity index (χ3n) is 3.14. The van der Waals surface area contributed by atoms with Crippen LogP contribution in [0.4, 0.5) is 5.69 Å². The van der Waals surface area contributed by atoms with Crippen LogP contribution in [0.5, 0.6) is 0 Å². The fourth-order valence-electron chi connectivity index (χ4n) is 2.09. The van der Waals surface area contributed by atoms with Crippen molar-refractivity contribution in [2.75, 3.05) is 6.54 Å². The average Bonchev–Trinajstić information content (AvgIpc) is 2.75. The summed E-state index contributed by atoms with van der Waals surface area (Å²) in [5.74, 6) is -0.428. The minimum absolute atomic E-state index is 0.0299. The van der Waals surface area contributed by atoms with E-state index in [0.29, 0.717) is 18.7 Å². The standard InChI is InChI=1S/C13H22N4O3/c1-4-6-7-8-9-14-13(18)12-11(17(19)20)10(5-2)15-16(12)3/h4-9H2,1-3H3,(H,14,18). The Morgan fingerprint density at radius 2 is 2.05 bits per heavy atom. The van der Waals surface area contributed by atoms with Gasteiger partial charge in [-0.3, -0.25) is 19.6 Å². The fourth-order valence-corrected chi connectivity index (χ4v) is 2.09. The Morgan fingerprint density at radius 1 is 1.35 bits per heavy atom. The predicted molar refractivity (Wildman–Crippen MR) is 75.7 cm³/mol. The molecule has 0 atom stereocenters. The van der Waals surface area contributed by atoms with Gasteiger partial charge in [0, 0.05) is 13.6 Å². The molecule has 7 heteroatoms. The topological polar surface area (TPSA) is 90.1 Å². The first-order chi connectivity index (χ1) is 9.52. The molecule has 0 saturated carbocycles. The second-order valence-electron chi connectivity index (χ2n) is 4.69. The van der Waals surface area contributed by atoms with Crippen LogP contribution in [0.3, 0.4) is 0 Å². The van der Waals surface area contributed by atoms with Crippen molar-refractivity contribution in [3.8, 4) is 0 Å². The molecular formula is C13H22N4O3. The van der Waals surface area contributed by atoms with Gasteiger partial charge in [0.2, 0.25) is 5.69 Å². The van der Waals surface area contributed by atoms with Crippen LogP contribution in [0.15, 0.2) is 0 Å². The number of amides is 1. The molecule has 0 radical (unpaired) electrons. The van der Waals surface area contributed by atoms with Gasteiger partial charge in [0.1, 0.15) is 5.69 Å². The Hall–Kier alpha value is -1.92. The first-order valence-corrected chi connectivity index (χ1v) is 7.01. The molecule has 1 N–H and O–H groups in total. The van der Waals surface area contributed by atoms with E-state index >= 15 is 0 Å². The van der Waals surface area contributed by atoms with Crippen LogP contribution >= 0.6 is 0 Å². The highest BCUT2D eigenvalue weighted by Gasteiger charge is 2.30. The fraction of sp³-hybridized carbons (Fsp3) is 0.692.